The minimum atomic E-state index is -0.464. The Hall–Kier alpha value is -1.56. The molecule has 0 radical (unpaired) electrons. The Balaban J connectivity index is 3.00. The number of rotatable bonds is 2. The van der Waals surface area contributed by atoms with Crippen molar-refractivity contribution in [3.8, 4) is 0 Å². The number of hydrogen-bond donors (Lipinski definition) is 1. The molecule has 0 spiro atoms. The van der Waals surface area contributed by atoms with Crippen molar-refractivity contribution in [1.29, 1.82) is 0 Å². The number of nitro benzene ring substituents is 1. The van der Waals surface area contributed by atoms with Crippen LogP contribution in [-0.2, 0) is 0 Å². The summed E-state index contributed by atoms with van der Waals surface area (Å²) in [4.78, 5) is 13.9. The van der Waals surface area contributed by atoms with Crippen LogP contribution in [-0.4, -0.2) is 16.3 Å². The van der Waals surface area contributed by atoms with E-state index in [1.54, 1.807) is 18.4 Å². The molecular formula is C8H9N3O2S. The molecule has 14 heavy (non-hydrogen) atoms. The van der Waals surface area contributed by atoms with Gasteiger partial charge in [0.1, 0.15) is 0 Å². The van der Waals surface area contributed by atoms with Gasteiger partial charge in [0.05, 0.1) is 10.6 Å². The van der Waals surface area contributed by atoms with Crippen LogP contribution in [0.1, 0.15) is 0 Å². The second-order valence-electron chi connectivity index (χ2n) is 2.43. The number of hydrogen-bond acceptors (Lipinski definition) is 4. The number of thioether (sulfide) groups is 1. The van der Waals surface area contributed by atoms with Crippen LogP contribution in [0.3, 0.4) is 0 Å². The van der Waals surface area contributed by atoms with Crippen molar-refractivity contribution in [3.63, 3.8) is 0 Å². The smallest absolute Gasteiger partial charge is 0.271 e. The summed E-state index contributed by atoms with van der Waals surface area (Å²) in [6.45, 7) is 0. The zero-order chi connectivity index (χ0) is 10.6. The minimum absolute atomic E-state index is 0.0140. The molecule has 0 atom stereocenters. The van der Waals surface area contributed by atoms with E-state index in [0.717, 1.165) is 0 Å². The molecule has 2 N–H and O–H groups in total. The fourth-order valence-corrected chi connectivity index (χ4v) is 1.05. The summed E-state index contributed by atoms with van der Waals surface area (Å²) in [6, 6.07) is 6.03. The van der Waals surface area contributed by atoms with Crippen molar-refractivity contribution < 1.29 is 4.92 Å². The molecule has 0 saturated heterocycles. The van der Waals surface area contributed by atoms with Gasteiger partial charge in [-0.15, -0.1) is 0 Å². The van der Waals surface area contributed by atoms with E-state index in [9.17, 15) is 10.1 Å². The monoisotopic (exact) mass is 211 g/mol. The summed E-state index contributed by atoms with van der Waals surface area (Å²) in [5, 5.41) is 10.8. The average molecular weight is 211 g/mol. The van der Waals surface area contributed by atoms with Crippen LogP contribution in [0.4, 0.5) is 11.4 Å². The molecule has 0 aliphatic carbocycles. The number of amidine groups is 1. The fourth-order valence-electron chi connectivity index (χ4n) is 0.849. The Morgan fingerprint density at radius 1 is 1.64 bits per heavy atom. The standard InChI is InChI=1S/C8H9N3O2S/c1-14-8(9)10-6-3-2-4-7(5-6)11(12)13/h2-5H,1H3,(H2,9,10). The van der Waals surface area contributed by atoms with Crippen LogP contribution >= 0.6 is 11.8 Å². The molecule has 5 nitrogen and oxygen atoms in total. The Morgan fingerprint density at radius 2 is 2.36 bits per heavy atom. The lowest BCUT2D eigenvalue weighted by Crippen LogP contribution is -2.04. The predicted molar refractivity (Wildman–Crippen MR) is 57.9 cm³/mol. The minimum Gasteiger partial charge on any atom is -0.378 e. The van der Waals surface area contributed by atoms with Gasteiger partial charge in [-0.3, -0.25) is 10.1 Å². The maximum atomic E-state index is 10.4. The van der Waals surface area contributed by atoms with Gasteiger partial charge in [-0.25, -0.2) is 4.99 Å². The predicted octanol–water partition coefficient (Wildman–Crippen LogP) is 1.90. The lowest BCUT2D eigenvalue weighted by Gasteiger charge is -1.96. The van der Waals surface area contributed by atoms with E-state index in [1.165, 1.54) is 23.9 Å². The first-order valence-electron chi connectivity index (χ1n) is 3.76. The van der Waals surface area contributed by atoms with Crippen LogP contribution in [0, 0.1) is 10.1 Å². The van der Waals surface area contributed by atoms with Crippen LogP contribution in [0.25, 0.3) is 0 Å². The second kappa shape index (κ2) is 4.61. The van der Waals surface area contributed by atoms with Gasteiger partial charge in [0.25, 0.3) is 5.69 Å². The van der Waals surface area contributed by atoms with Gasteiger partial charge in [0.15, 0.2) is 5.17 Å². The van der Waals surface area contributed by atoms with Crippen molar-refractivity contribution in [3.05, 3.63) is 34.4 Å². The van der Waals surface area contributed by atoms with Gasteiger partial charge in [-0.05, 0) is 12.3 Å². The highest BCUT2D eigenvalue weighted by Gasteiger charge is 2.04. The third-order valence-electron chi connectivity index (χ3n) is 1.49. The van der Waals surface area contributed by atoms with Gasteiger partial charge >= 0.3 is 0 Å². The van der Waals surface area contributed by atoms with E-state index >= 15 is 0 Å². The van der Waals surface area contributed by atoms with Crippen molar-refractivity contribution in [2.24, 2.45) is 10.7 Å². The number of nitrogens with zero attached hydrogens (tertiary/aromatic N) is 2. The molecule has 0 saturated carbocycles. The third kappa shape index (κ3) is 2.74. The Labute approximate surface area is 85.2 Å². The van der Waals surface area contributed by atoms with Crippen LogP contribution in [0.5, 0.6) is 0 Å². The average Bonchev–Trinajstić information content (AvgIpc) is 2.18. The van der Waals surface area contributed by atoms with Crippen molar-refractivity contribution >= 4 is 28.3 Å². The largest absolute Gasteiger partial charge is 0.378 e. The van der Waals surface area contributed by atoms with Gasteiger partial charge < -0.3 is 5.73 Å². The molecule has 0 aromatic heterocycles. The highest BCUT2D eigenvalue weighted by atomic mass is 32.2. The molecule has 0 amide bonds. The number of benzene rings is 1. The molecule has 1 rings (SSSR count). The molecule has 0 heterocycles. The van der Waals surface area contributed by atoms with E-state index < -0.39 is 4.92 Å². The highest BCUT2D eigenvalue weighted by molar-refractivity contribution is 8.13. The first kappa shape index (κ1) is 10.5. The van der Waals surface area contributed by atoms with E-state index in [0.29, 0.717) is 10.9 Å². The topological polar surface area (TPSA) is 81.5 Å². The van der Waals surface area contributed by atoms with Gasteiger partial charge in [0, 0.05) is 12.1 Å². The van der Waals surface area contributed by atoms with Crippen LogP contribution in [0.15, 0.2) is 29.3 Å². The highest BCUT2D eigenvalue weighted by Crippen LogP contribution is 2.20. The molecule has 0 aliphatic heterocycles. The number of nitrogens with two attached hydrogens (primary N) is 1. The van der Waals surface area contributed by atoms with E-state index in [4.69, 9.17) is 5.73 Å². The van der Waals surface area contributed by atoms with Gasteiger partial charge in [-0.1, -0.05) is 17.8 Å². The molecular weight excluding hydrogens is 202 g/mol. The van der Waals surface area contributed by atoms with Crippen molar-refractivity contribution in [2.45, 2.75) is 0 Å². The Morgan fingerprint density at radius 3 is 2.93 bits per heavy atom. The molecule has 1 aromatic carbocycles. The summed E-state index contributed by atoms with van der Waals surface area (Å²) >= 11 is 1.29. The van der Waals surface area contributed by atoms with Gasteiger partial charge in [0.2, 0.25) is 0 Å². The van der Waals surface area contributed by atoms with E-state index in [1.807, 2.05) is 0 Å². The van der Waals surface area contributed by atoms with Crippen LogP contribution < -0.4 is 5.73 Å². The number of aliphatic imine (C=N–C) groups is 1. The van der Waals surface area contributed by atoms with E-state index in [2.05, 4.69) is 4.99 Å². The molecule has 0 unspecified atom stereocenters. The third-order valence-corrected chi connectivity index (χ3v) is 2.00. The molecule has 0 bridgehead atoms. The lowest BCUT2D eigenvalue weighted by atomic mass is 10.3. The molecule has 6 heteroatoms. The summed E-state index contributed by atoms with van der Waals surface area (Å²) in [6.07, 6.45) is 1.79. The Bertz CT molecular complexity index is 379. The second-order valence-corrected chi connectivity index (χ2v) is 3.26. The molecule has 0 fully saturated rings. The van der Waals surface area contributed by atoms with Gasteiger partial charge in [-0.2, -0.15) is 0 Å². The molecule has 0 aliphatic rings. The summed E-state index contributed by atoms with van der Waals surface area (Å²) < 4.78 is 0. The normalized spacial score (nSPS) is 11.4. The zero-order valence-electron chi connectivity index (χ0n) is 7.51. The SMILES string of the molecule is CSC(N)=Nc1cccc([N+](=O)[O-])c1. The quantitative estimate of drug-likeness (QED) is 0.350. The first-order valence-corrected chi connectivity index (χ1v) is 4.98. The maximum absolute atomic E-state index is 10.4. The number of non-ortho nitro benzene ring substituents is 1. The van der Waals surface area contributed by atoms with E-state index in [-0.39, 0.29) is 5.69 Å². The first-order chi connectivity index (χ1) is 6.63. The Kier molecular flexibility index (Phi) is 3.47. The maximum Gasteiger partial charge on any atom is 0.271 e. The summed E-state index contributed by atoms with van der Waals surface area (Å²) in [5.41, 5.74) is 5.98. The molecule has 74 valence electrons. The lowest BCUT2D eigenvalue weighted by molar-refractivity contribution is -0.384. The number of nitro groups is 1. The van der Waals surface area contributed by atoms with Crippen molar-refractivity contribution in [1.82, 2.24) is 0 Å². The van der Waals surface area contributed by atoms with Crippen LogP contribution in [0.2, 0.25) is 0 Å². The zero-order valence-corrected chi connectivity index (χ0v) is 8.32. The molecule has 1 aromatic rings. The fraction of sp³-hybridized carbons (Fsp3) is 0.125. The summed E-state index contributed by atoms with van der Waals surface area (Å²) in [7, 11) is 0. The summed E-state index contributed by atoms with van der Waals surface area (Å²) in [5.74, 6) is 0. The van der Waals surface area contributed by atoms with Crippen molar-refractivity contribution in [2.75, 3.05) is 6.26 Å².